The SMILES string of the molecule is COc1cc[c-]cc1.COc1cc[c-]cc1.COc1ccc(-c2nc(-c3ccc(O)cc3O)nc(-c3ccc(O)cc3O)n2)cc1.COc1ccc(Br)cc1.Clc1n[c-]nc(Cl)n1.[Br-].[Mg+2].[Mg+2]. The molecule has 0 aliphatic carbocycles. The van der Waals surface area contributed by atoms with Gasteiger partial charge in [-0.2, -0.15) is 36.4 Å². The van der Waals surface area contributed by atoms with E-state index in [2.05, 4.69) is 64.3 Å². The Balaban J connectivity index is 0.000000491. The molecule has 6 aromatic carbocycles. The van der Waals surface area contributed by atoms with Crippen LogP contribution < -0.4 is 35.9 Å². The van der Waals surface area contributed by atoms with Crippen LogP contribution in [-0.2, 0) is 0 Å². The zero-order valence-electron chi connectivity index (χ0n) is 35.7. The van der Waals surface area contributed by atoms with Crippen LogP contribution in [0.5, 0.6) is 46.0 Å². The molecule has 4 N–H and O–H groups in total. The molecule has 0 saturated heterocycles. The number of nitrogens with zero attached hydrogens (tertiary/aromatic N) is 6. The smallest absolute Gasteiger partial charge is 1.00 e. The minimum absolute atomic E-state index is 0. The first-order valence-corrected chi connectivity index (χ1v) is 19.7. The number of aromatic nitrogens is 6. The Bertz CT molecular complexity index is 2490. The molecule has 2 heterocycles. The maximum Gasteiger partial charge on any atom is 2.00 e. The van der Waals surface area contributed by atoms with Crippen molar-refractivity contribution in [3.63, 3.8) is 0 Å². The summed E-state index contributed by atoms with van der Waals surface area (Å²) in [6.07, 6.45) is 2.20. The Morgan fingerprint density at radius 1 is 0.470 bits per heavy atom. The standard InChI is InChI=1S/C22H17N3O5.C7H7BrO.2C7H7O.C3Cl2N3.BrH.2Mg/c1-30-15-6-2-12(3-7-15)20-23-21(16-8-4-13(26)10-18(16)28)25-22(24-20)17-9-5-14(27)11-19(17)29;1-9-7-4-2-6(8)3-5-7;2*1-8-7-5-3-2-4-6-7;4-2-6-1-7-3(5)8-2;;;/h2-11,26-29H,1H3;2-5H,1H3;2*3-6H,1H3;;1H;;/q;;3*-1;;2*+2/p-1. The van der Waals surface area contributed by atoms with E-state index < -0.39 is 0 Å². The van der Waals surface area contributed by atoms with E-state index >= 15 is 0 Å². The van der Waals surface area contributed by atoms with E-state index in [0.29, 0.717) is 17.1 Å². The van der Waals surface area contributed by atoms with Crippen LogP contribution in [-0.4, -0.2) is 125 Å². The molecule has 0 spiro atoms. The molecule has 14 nitrogen and oxygen atoms in total. The second-order valence-electron chi connectivity index (χ2n) is 11.9. The van der Waals surface area contributed by atoms with Gasteiger partial charge >= 0.3 is 46.1 Å². The number of benzene rings is 6. The van der Waals surface area contributed by atoms with E-state index in [1.165, 1.54) is 36.4 Å². The van der Waals surface area contributed by atoms with E-state index in [4.69, 9.17) is 42.1 Å². The van der Waals surface area contributed by atoms with Crippen LogP contribution in [0.3, 0.4) is 0 Å². The average molecular weight is 1080 g/mol. The summed E-state index contributed by atoms with van der Waals surface area (Å²) in [5.41, 5.74) is 1.23. The van der Waals surface area contributed by atoms with Crippen LogP contribution in [0, 0.1) is 18.5 Å². The van der Waals surface area contributed by atoms with E-state index in [1.807, 2.05) is 72.8 Å². The van der Waals surface area contributed by atoms with Crippen molar-refractivity contribution in [2.45, 2.75) is 0 Å². The molecule has 0 radical (unpaired) electrons. The fourth-order valence-electron chi connectivity index (χ4n) is 4.72. The fourth-order valence-corrected chi connectivity index (χ4v) is 5.27. The molecule has 2 aromatic heterocycles. The second-order valence-corrected chi connectivity index (χ2v) is 13.5. The molecule has 66 heavy (non-hydrogen) atoms. The molecule has 0 saturated carbocycles. The third-order valence-corrected chi connectivity index (χ3v) is 8.66. The third-order valence-electron chi connectivity index (χ3n) is 7.79. The van der Waals surface area contributed by atoms with Crippen LogP contribution in [0.25, 0.3) is 34.2 Å². The van der Waals surface area contributed by atoms with E-state index in [0.717, 1.165) is 21.7 Å². The van der Waals surface area contributed by atoms with Gasteiger partial charge < -0.3 is 71.3 Å². The summed E-state index contributed by atoms with van der Waals surface area (Å²) < 4.78 is 21.0. The molecule has 0 aliphatic heterocycles. The molecule has 0 aliphatic rings. The maximum absolute atomic E-state index is 10.3. The number of methoxy groups -OCH3 is 4. The summed E-state index contributed by atoms with van der Waals surface area (Å²) in [7, 11) is 6.52. The van der Waals surface area contributed by atoms with Gasteiger partial charge in [0.1, 0.15) is 45.1 Å². The van der Waals surface area contributed by atoms with E-state index in [9.17, 15) is 20.4 Å². The number of aromatic hydroxyl groups is 4. The van der Waals surface area contributed by atoms with E-state index in [1.54, 1.807) is 52.7 Å². The van der Waals surface area contributed by atoms with Crippen LogP contribution in [0.15, 0.2) is 138 Å². The first kappa shape index (κ1) is 58.8. The van der Waals surface area contributed by atoms with Gasteiger partial charge in [0.05, 0.1) is 39.6 Å². The molecule has 8 rings (SSSR count). The molecule has 0 fully saturated rings. The van der Waals surface area contributed by atoms with Crippen molar-refractivity contribution in [2.75, 3.05) is 28.4 Å². The van der Waals surface area contributed by atoms with Crippen LogP contribution >= 0.6 is 39.1 Å². The molecule has 20 heteroatoms. The van der Waals surface area contributed by atoms with Crippen molar-refractivity contribution < 1.29 is 56.4 Å². The van der Waals surface area contributed by atoms with Crippen molar-refractivity contribution in [1.82, 2.24) is 29.9 Å². The van der Waals surface area contributed by atoms with Gasteiger partial charge in [-0.25, -0.2) is 15.0 Å². The largest absolute Gasteiger partial charge is 2.00 e. The number of phenols is 4. The van der Waals surface area contributed by atoms with Crippen LogP contribution in [0.2, 0.25) is 10.6 Å². The number of phenolic OH excluding ortho intramolecular Hbond substituents is 4. The predicted octanol–water partition coefficient (Wildman–Crippen LogP) is 6.37. The van der Waals surface area contributed by atoms with Crippen molar-refractivity contribution in [1.29, 1.82) is 0 Å². The van der Waals surface area contributed by atoms with Gasteiger partial charge in [-0.1, -0.05) is 15.9 Å². The van der Waals surface area contributed by atoms with Gasteiger partial charge in [-0.05, 0) is 72.8 Å². The molecule has 0 unspecified atom stereocenters. The van der Waals surface area contributed by atoms with Crippen molar-refractivity contribution in [2.24, 2.45) is 0 Å². The first-order chi connectivity index (χ1) is 30.4. The predicted molar refractivity (Wildman–Crippen MR) is 254 cm³/mol. The molecule has 0 amide bonds. The Kier molecular flexibility index (Phi) is 28.2. The summed E-state index contributed by atoms with van der Waals surface area (Å²) in [5.74, 6) is 3.30. The summed E-state index contributed by atoms with van der Waals surface area (Å²) in [6, 6.07) is 43.4. The minimum atomic E-state index is -0.206. The molecule has 0 atom stereocenters. The number of rotatable bonds is 7. The Morgan fingerprint density at radius 2 is 0.818 bits per heavy atom. The van der Waals surface area contributed by atoms with Gasteiger partial charge in [-0.15, -0.1) is 47.5 Å². The normalized spacial score (nSPS) is 9.32. The zero-order valence-corrected chi connectivity index (χ0v) is 43.2. The first-order valence-electron chi connectivity index (χ1n) is 18.1. The van der Waals surface area contributed by atoms with Gasteiger partial charge in [0.15, 0.2) is 17.5 Å². The second kappa shape index (κ2) is 31.7. The number of ether oxygens (including phenoxy) is 4. The molecule has 0 bridgehead atoms. The van der Waals surface area contributed by atoms with E-state index in [-0.39, 0.29) is 119 Å². The van der Waals surface area contributed by atoms with Crippen molar-refractivity contribution >= 4 is 85.2 Å². The van der Waals surface area contributed by atoms with Crippen LogP contribution in [0.4, 0.5) is 0 Å². The Morgan fingerprint density at radius 3 is 1.14 bits per heavy atom. The number of hydrogen-bond donors (Lipinski definition) is 4. The summed E-state index contributed by atoms with van der Waals surface area (Å²) in [5, 5.41) is 39.8. The molecule has 332 valence electrons. The summed E-state index contributed by atoms with van der Waals surface area (Å²) in [6.45, 7) is 0. The topological polar surface area (TPSA) is 195 Å². The fraction of sp³-hybridized carbons (Fsp3) is 0.0870. The number of hydrogen-bond acceptors (Lipinski definition) is 14. The van der Waals surface area contributed by atoms with Gasteiger partial charge in [0.25, 0.3) is 0 Å². The monoisotopic (exact) mass is 1080 g/mol. The Labute approximate surface area is 443 Å². The average Bonchev–Trinajstić information content (AvgIpc) is 3.30. The zero-order chi connectivity index (χ0) is 45.6. The molecular formula is C46H38Br2Cl2Mg2N6O8. The minimum Gasteiger partial charge on any atom is -1.00 e. The molecule has 8 aromatic rings. The van der Waals surface area contributed by atoms with Crippen molar-refractivity contribution in [3.8, 4) is 80.2 Å². The van der Waals surface area contributed by atoms with Gasteiger partial charge in [0.2, 0.25) is 0 Å². The quantitative estimate of drug-likeness (QED) is 0.102. The molecular weight excluding hydrogens is 1040 g/mol. The summed E-state index contributed by atoms with van der Waals surface area (Å²) >= 11 is 13.9. The van der Waals surface area contributed by atoms with Gasteiger partial charge in [0, 0.05) is 40.0 Å². The van der Waals surface area contributed by atoms with Crippen molar-refractivity contribution in [3.05, 3.63) is 167 Å². The van der Waals surface area contributed by atoms with Crippen LogP contribution in [0.1, 0.15) is 0 Å². The Hall–Kier alpha value is -5.19. The summed E-state index contributed by atoms with van der Waals surface area (Å²) in [4.78, 5) is 23.5. The van der Waals surface area contributed by atoms with Gasteiger partial charge in [-0.3, -0.25) is 0 Å². The maximum atomic E-state index is 10.3. The third kappa shape index (κ3) is 20.1. The number of halogens is 4.